The molecule has 0 aromatic carbocycles. The smallest absolute Gasteiger partial charge is 0.317 e. The second-order valence-corrected chi connectivity index (χ2v) is 3.37. The molecular formula is C8H16N2O2. The van der Waals surface area contributed by atoms with E-state index in [4.69, 9.17) is 5.11 Å². The maximum atomic E-state index is 11.3. The van der Waals surface area contributed by atoms with Crippen molar-refractivity contribution in [2.24, 2.45) is 0 Å². The third-order valence-corrected chi connectivity index (χ3v) is 2.15. The molecule has 1 aliphatic carbocycles. The molecule has 1 fully saturated rings. The number of carbonyl (C=O) groups excluding carboxylic acids is 1. The molecule has 0 aliphatic heterocycles. The Bertz CT molecular complexity index is 168. The largest absolute Gasteiger partial charge is 0.394 e. The van der Waals surface area contributed by atoms with Gasteiger partial charge in [0.25, 0.3) is 0 Å². The van der Waals surface area contributed by atoms with E-state index in [1.54, 1.807) is 7.05 Å². The van der Waals surface area contributed by atoms with Crippen molar-refractivity contribution in [1.82, 2.24) is 10.2 Å². The fourth-order valence-electron chi connectivity index (χ4n) is 0.827. The number of rotatable bonds is 3. The monoisotopic (exact) mass is 172 g/mol. The number of aliphatic hydroxyl groups excluding tert-OH is 1. The molecule has 70 valence electrons. The Morgan fingerprint density at radius 1 is 1.75 bits per heavy atom. The zero-order chi connectivity index (χ0) is 9.14. The summed E-state index contributed by atoms with van der Waals surface area (Å²) >= 11 is 0. The molecule has 2 N–H and O–H groups in total. The quantitative estimate of drug-likeness (QED) is 0.637. The molecule has 1 atom stereocenters. The third-order valence-electron chi connectivity index (χ3n) is 2.15. The zero-order valence-electron chi connectivity index (χ0n) is 7.58. The summed E-state index contributed by atoms with van der Waals surface area (Å²) in [5.41, 5.74) is 0. The summed E-state index contributed by atoms with van der Waals surface area (Å²) in [5, 5.41) is 11.6. The lowest BCUT2D eigenvalue weighted by Crippen LogP contribution is -2.44. The highest BCUT2D eigenvalue weighted by atomic mass is 16.3. The molecule has 0 radical (unpaired) electrons. The van der Waals surface area contributed by atoms with Gasteiger partial charge in [0.2, 0.25) is 0 Å². The summed E-state index contributed by atoms with van der Waals surface area (Å²) in [6.45, 7) is 1.82. The van der Waals surface area contributed by atoms with Crippen molar-refractivity contribution in [3.8, 4) is 0 Å². The minimum absolute atomic E-state index is 0.00852. The molecule has 12 heavy (non-hydrogen) atoms. The number of urea groups is 1. The molecule has 2 amide bonds. The van der Waals surface area contributed by atoms with Gasteiger partial charge < -0.3 is 15.3 Å². The summed E-state index contributed by atoms with van der Waals surface area (Å²) in [7, 11) is 1.69. The standard InChI is InChI=1S/C8H16N2O2/c1-6(5-11)10(2)8(12)9-7-3-4-7/h6-7,11H,3-5H2,1-2H3,(H,9,12). The van der Waals surface area contributed by atoms with Crippen LogP contribution in [0.1, 0.15) is 19.8 Å². The van der Waals surface area contributed by atoms with Crippen molar-refractivity contribution in [3.63, 3.8) is 0 Å². The van der Waals surface area contributed by atoms with Gasteiger partial charge in [-0.25, -0.2) is 4.79 Å². The number of hydrogen-bond acceptors (Lipinski definition) is 2. The predicted octanol–water partition coefficient (Wildman–Crippen LogP) is 0.171. The molecule has 1 aliphatic rings. The van der Waals surface area contributed by atoms with E-state index in [1.165, 1.54) is 4.90 Å². The predicted molar refractivity (Wildman–Crippen MR) is 45.9 cm³/mol. The summed E-state index contributed by atoms with van der Waals surface area (Å²) in [5.74, 6) is 0. The van der Waals surface area contributed by atoms with Gasteiger partial charge in [-0.1, -0.05) is 0 Å². The van der Waals surface area contributed by atoms with Crippen molar-refractivity contribution in [1.29, 1.82) is 0 Å². The first-order chi connectivity index (χ1) is 5.65. The van der Waals surface area contributed by atoms with Crippen LogP contribution >= 0.6 is 0 Å². The minimum atomic E-state index is -0.108. The van der Waals surface area contributed by atoms with Crippen LogP contribution < -0.4 is 5.32 Å². The first kappa shape index (κ1) is 9.32. The highest BCUT2D eigenvalue weighted by molar-refractivity contribution is 5.74. The SMILES string of the molecule is CC(CO)N(C)C(=O)NC1CC1. The van der Waals surface area contributed by atoms with Gasteiger partial charge in [-0.2, -0.15) is 0 Å². The number of amides is 2. The molecule has 4 nitrogen and oxygen atoms in total. The molecule has 0 heterocycles. The van der Waals surface area contributed by atoms with Gasteiger partial charge in [-0.05, 0) is 19.8 Å². The van der Waals surface area contributed by atoms with E-state index in [2.05, 4.69) is 5.32 Å². The van der Waals surface area contributed by atoms with E-state index in [0.717, 1.165) is 12.8 Å². The van der Waals surface area contributed by atoms with Gasteiger partial charge in [0.1, 0.15) is 0 Å². The number of aliphatic hydroxyl groups is 1. The number of hydrogen-bond donors (Lipinski definition) is 2. The van der Waals surface area contributed by atoms with Crippen LogP contribution in [0.2, 0.25) is 0 Å². The molecule has 4 heteroatoms. The molecule has 0 saturated heterocycles. The molecule has 0 aromatic rings. The van der Waals surface area contributed by atoms with E-state index in [9.17, 15) is 4.79 Å². The van der Waals surface area contributed by atoms with Crippen molar-refractivity contribution in [2.45, 2.75) is 31.8 Å². The molecule has 1 unspecified atom stereocenters. The molecular weight excluding hydrogens is 156 g/mol. The Balaban J connectivity index is 2.28. The minimum Gasteiger partial charge on any atom is -0.394 e. The Morgan fingerprint density at radius 2 is 2.33 bits per heavy atom. The summed E-state index contributed by atoms with van der Waals surface area (Å²) < 4.78 is 0. The molecule has 0 aromatic heterocycles. The van der Waals surface area contributed by atoms with Crippen molar-refractivity contribution in [3.05, 3.63) is 0 Å². The van der Waals surface area contributed by atoms with Gasteiger partial charge in [-0.3, -0.25) is 0 Å². The fraction of sp³-hybridized carbons (Fsp3) is 0.875. The van der Waals surface area contributed by atoms with Crippen LogP contribution in [0.5, 0.6) is 0 Å². The van der Waals surface area contributed by atoms with E-state index < -0.39 is 0 Å². The average molecular weight is 172 g/mol. The van der Waals surface area contributed by atoms with Gasteiger partial charge in [0, 0.05) is 13.1 Å². The van der Waals surface area contributed by atoms with E-state index in [0.29, 0.717) is 6.04 Å². The first-order valence-electron chi connectivity index (χ1n) is 4.29. The normalized spacial score (nSPS) is 18.6. The van der Waals surface area contributed by atoms with Gasteiger partial charge >= 0.3 is 6.03 Å². The van der Waals surface area contributed by atoms with Crippen molar-refractivity contribution < 1.29 is 9.90 Å². The second kappa shape index (κ2) is 3.76. The lowest BCUT2D eigenvalue weighted by atomic mass is 10.3. The first-order valence-corrected chi connectivity index (χ1v) is 4.29. The highest BCUT2D eigenvalue weighted by Crippen LogP contribution is 2.18. The van der Waals surface area contributed by atoms with Crippen LogP contribution in [0.3, 0.4) is 0 Å². The van der Waals surface area contributed by atoms with E-state index in [-0.39, 0.29) is 18.7 Å². The van der Waals surface area contributed by atoms with Crippen LogP contribution in [0.4, 0.5) is 4.79 Å². The van der Waals surface area contributed by atoms with Crippen molar-refractivity contribution in [2.75, 3.05) is 13.7 Å². The lowest BCUT2D eigenvalue weighted by molar-refractivity contribution is 0.157. The molecule has 0 bridgehead atoms. The summed E-state index contributed by atoms with van der Waals surface area (Å²) in [6.07, 6.45) is 2.18. The average Bonchev–Trinajstić information content (AvgIpc) is 2.85. The highest BCUT2D eigenvalue weighted by Gasteiger charge is 2.25. The maximum Gasteiger partial charge on any atom is 0.317 e. The van der Waals surface area contributed by atoms with Crippen LogP contribution in [-0.4, -0.2) is 41.8 Å². The Labute approximate surface area is 72.6 Å². The summed E-state index contributed by atoms with van der Waals surface area (Å²) in [4.78, 5) is 12.8. The number of nitrogens with zero attached hydrogens (tertiary/aromatic N) is 1. The zero-order valence-corrected chi connectivity index (χ0v) is 7.58. The molecule has 1 saturated carbocycles. The van der Waals surface area contributed by atoms with Crippen LogP contribution in [0.15, 0.2) is 0 Å². The number of likely N-dealkylation sites (N-methyl/N-ethyl adjacent to an activating group) is 1. The number of nitrogens with one attached hydrogen (secondary N) is 1. The molecule has 1 rings (SSSR count). The van der Waals surface area contributed by atoms with Gasteiger partial charge in [-0.15, -0.1) is 0 Å². The van der Waals surface area contributed by atoms with Crippen LogP contribution in [0, 0.1) is 0 Å². The Morgan fingerprint density at radius 3 is 2.75 bits per heavy atom. The Hall–Kier alpha value is -0.770. The Kier molecular flexibility index (Phi) is 2.92. The van der Waals surface area contributed by atoms with E-state index >= 15 is 0 Å². The van der Waals surface area contributed by atoms with Crippen LogP contribution in [0.25, 0.3) is 0 Å². The lowest BCUT2D eigenvalue weighted by Gasteiger charge is -2.23. The maximum absolute atomic E-state index is 11.3. The van der Waals surface area contributed by atoms with E-state index in [1.807, 2.05) is 6.92 Å². The number of carbonyl (C=O) groups is 1. The fourth-order valence-corrected chi connectivity index (χ4v) is 0.827. The third kappa shape index (κ3) is 2.37. The molecule has 0 spiro atoms. The van der Waals surface area contributed by atoms with Gasteiger partial charge in [0.15, 0.2) is 0 Å². The summed E-state index contributed by atoms with van der Waals surface area (Å²) in [6, 6.07) is 0.189. The topological polar surface area (TPSA) is 52.6 Å². The van der Waals surface area contributed by atoms with Gasteiger partial charge in [0.05, 0.1) is 12.6 Å². The van der Waals surface area contributed by atoms with Crippen molar-refractivity contribution >= 4 is 6.03 Å². The van der Waals surface area contributed by atoms with Crippen LogP contribution in [-0.2, 0) is 0 Å². The second-order valence-electron chi connectivity index (χ2n) is 3.37.